The standard InChI is InChI=1S/C13H12N2O3S/c1-19(16,17)13-4-2-3-10(7-13)15-9-12-6-5-11(8-14)18-12/h2-7,15H,9H2,1H3. The zero-order valence-electron chi connectivity index (χ0n) is 10.3. The van der Waals surface area contributed by atoms with E-state index in [1.807, 2.05) is 6.07 Å². The fourth-order valence-electron chi connectivity index (χ4n) is 1.56. The van der Waals surface area contributed by atoms with Gasteiger partial charge in [0.25, 0.3) is 0 Å². The minimum Gasteiger partial charge on any atom is -0.449 e. The number of nitrogens with zero attached hydrogens (tertiary/aromatic N) is 1. The summed E-state index contributed by atoms with van der Waals surface area (Å²) in [4.78, 5) is 0.259. The summed E-state index contributed by atoms with van der Waals surface area (Å²) in [6.07, 6.45) is 1.16. The molecule has 2 aromatic rings. The van der Waals surface area contributed by atoms with Crippen LogP contribution in [-0.2, 0) is 16.4 Å². The Kier molecular flexibility index (Phi) is 3.58. The fraction of sp³-hybridized carbons (Fsp3) is 0.154. The molecule has 0 radical (unpaired) electrons. The number of furan rings is 1. The van der Waals surface area contributed by atoms with Crippen LogP contribution >= 0.6 is 0 Å². The van der Waals surface area contributed by atoms with Gasteiger partial charge in [0.1, 0.15) is 11.8 Å². The Labute approximate surface area is 111 Å². The lowest BCUT2D eigenvalue weighted by Gasteiger charge is -2.06. The number of nitriles is 1. The normalized spacial score (nSPS) is 10.9. The maximum Gasteiger partial charge on any atom is 0.203 e. The predicted molar refractivity (Wildman–Crippen MR) is 70.3 cm³/mol. The van der Waals surface area contributed by atoms with Gasteiger partial charge in [-0.25, -0.2) is 8.42 Å². The summed E-state index contributed by atoms with van der Waals surface area (Å²) < 4.78 is 28.0. The summed E-state index contributed by atoms with van der Waals surface area (Å²) in [7, 11) is -3.21. The van der Waals surface area contributed by atoms with Crippen LogP contribution in [0.3, 0.4) is 0 Å². The molecule has 0 aliphatic carbocycles. The molecule has 0 bridgehead atoms. The molecule has 0 unspecified atom stereocenters. The van der Waals surface area contributed by atoms with Crippen molar-refractivity contribution in [3.8, 4) is 6.07 Å². The lowest BCUT2D eigenvalue weighted by Crippen LogP contribution is -2.01. The summed E-state index contributed by atoms with van der Waals surface area (Å²) in [5.41, 5.74) is 0.679. The van der Waals surface area contributed by atoms with Crippen molar-refractivity contribution in [3.05, 3.63) is 47.9 Å². The van der Waals surface area contributed by atoms with Gasteiger partial charge in [0.2, 0.25) is 5.76 Å². The third-order valence-corrected chi connectivity index (χ3v) is 3.61. The van der Waals surface area contributed by atoms with E-state index in [1.165, 1.54) is 0 Å². The van der Waals surface area contributed by atoms with Gasteiger partial charge in [0.05, 0.1) is 11.4 Å². The van der Waals surface area contributed by atoms with E-state index in [1.54, 1.807) is 36.4 Å². The Morgan fingerprint density at radius 1 is 1.32 bits per heavy atom. The molecule has 1 N–H and O–H groups in total. The molecule has 0 amide bonds. The number of hydrogen-bond acceptors (Lipinski definition) is 5. The largest absolute Gasteiger partial charge is 0.449 e. The molecule has 0 saturated heterocycles. The van der Waals surface area contributed by atoms with Gasteiger partial charge in [-0.15, -0.1) is 0 Å². The molecule has 1 aromatic carbocycles. The third-order valence-electron chi connectivity index (χ3n) is 2.50. The number of rotatable bonds is 4. The van der Waals surface area contributed by atoms with Crippen LogP contribution in [0.5, 0.6) is 0 Å². The molecular weight excluding hydrogens is 264 g/mol. The van der Waals surface area contributed by atoms with Crippen LogP contribution < -0.4 is 5.32 Å². The van der Waals surface area contributed by atoms with Crippen molar-refractivity contribution < 1.29 is 12.8 Å². The molecule has 0 aliphatic heterocycles. The molecule has 5 nitrogen and oxygen atoms in total. The van der Waals surface area contributed by atoms with E-state index in [9.17, 15) is 8.42 Å². The average molecular weight is 276 g/mol. The highest BCUT2D eigenvalue weighted by atomic mass is 32.2. The first-order valence-corrected chi connectivity index (χ1v) is 7.41. The molecule has 0 spiro atoms. The fourth-order valence-corrected chi connectivity index (χ4v) is 2.23. The summed E-state index contributed by atoms with van der Waals surface area (Å²) in [5, 5.41) is 11.7. The second-order valence-corrected chi connectivity index (χ2v) is 6.05. The van der Waals surface area contributed by atoms with Crippen molar-refractivity contribution in [2.45, 2.75) is 11.4 Å². The lowest BCUT2D eigenvalue weighted by atomic mass is 10.3. The van der Waals surface area contributed by atoms with Crippen LogP contribution in [-0.4, -0.2) is 14.7 Å². The highest BCUT2D eigenvalue weighted by Crippen LogP contribution is 2.16. The molecular formula is C13H12N2O3S. The Morgan fingerprint density at radius 2 is 2.11 bits per heavy atom. The minimum atomic E-state index is -3.21. The first-order chi connectivity index (χ1) is 8.99. The number of sulfone groups is 1. The Bertz CT molecular complexity index is 726. The van der Waals surface area contributed by atoms with Crippen molar-refractivity contribution in [2.75, 3.05) is 11.6 Å². The maximum atomic E-state index is 11.4. The smallest absolute Gasteiger partial charge is 0.203 e. The van der Waals surface area contributed by atoms with E-state index < -0.39 is 9.84 Å². The molecule has 6 heteroatoms. The number of anilines is 1. The number of hydrogen-bond donors (Lipinski definition) is 1. The van der Waals surface area contributed by atoms with E-state index >= 15 is 0 Å². The van der Waals surface area contributed by atoms with Gasteiger partial charge >= 0.3 is 0 Å². The van der Waals surface area contributed by atoms with Gasteiger partial charge in [-0.05, 0) is 30.3 Å². The average Bonchev–Trinajstić information content (AvgIpc) is 2.84. The molecule has 0 atom stereocenters. The predicted octanol–water partition coefficient (Wildman–Crippen LogP) is 2.17. The molecule has 1 aromatic heterocycles. The SMILES string of the molecule is CS(=O)(=O)c1cccc(NCc2ccc(C#N)o2)c1. The van der Waals surface area contributed by atoms with Crippen LogP contribution in [0.15, 0.2) is 45.7 Å². The molecule has 0 aliphatic rings. The second kappa shape index (κ2) is 5.16. The zero-order valence-corrected chi connectivity index (χ0v) is 11.1. The quantitative estimate of drug-likeness (QED) is 0.925. The highest BCUT2D eigenvalue weighted by Gasteiger charge is 2.07. The molecule has 0 saturated carbocycles. The van der Waals surface area contributed by atoms with Crippen LogP contribution in [0.1, 0.15) is 11.5 Å². The van der Waals surface area contributed by atoms with Gasteiger partial charge in [-0.2, -0.15) is 5.26 Å². The first kappa shape index (κ1) is 13.2. The summed E-state index contributed by atoms with van der Waals surface area (Å²) in [6, 6.07) is 11.7. The van der Waals surface area contributed by atoms with E-state index in [0.29, 0.717) is 18.0 Å². The Hall–Kier alpha value is -2.26. The first-order valence-electron chi connectivity index (χ1n) is 5.52. The van der Waals surface area contributed by atoms with Crippen molar-refractivity contribution in [2.24, 2.45) is 0 Å². The maximum absolute atomic E-state index is 11.4. The third kappa shape index (κ3) is 3.36. The lowest BCUT2D eigenvalue weighted by molar-refractivity contribution is 0.506. The summed E-state index contributed by atoms with van der Waals surface area (Å²) >= 11 is 0. The van der Waals surface area contributed by atoms with E-state index in [4.69, 9.17) is 9.68 Å². The van der Waals surface area contributed by atoms with Crippen molar-refractivity contribution in [1.82, 2.24) is 0 Å². The molecule has 0 fully saturated rings. The number of benzene rings is 1. The molecule has 98 valence electrons. The van der Waals surface area contributed by atoms with E-state index in [2.05, 4.69) is 5.32 Å². The van der Waals surface area contributed by atoms with Gasteiger partial charge < -0.3 is 9.73 Å². The van der Waals surface area contributed by atoms with Crippen molar-refractivity contribution >= 4 is 15.5 Å². The minimum absolute atomic E-state index is 0.252. The number of nitrogens with one attached hydrogen (secondary N) is 1. The summed E-state index contributed by atoms with van der Waals surface area (Å²) in [6.45, 7) is 0.384. The Balaban J connectivity index is 2.10. The van der Waals surface area contributed by atoms with Crippen molar-refractivity contribution in [1.29, 1.82) is 5.26 Å². The van der Waals surface area contributed by atoms with Gasteiger partial charge in [0.15, 0.2) is 9.84 Å². The highest BCUT2D eigenvalue weighted by molar-refractivity contribution is 7.90. The second-order valence-electron chi connectivity index (χ2n) is 4.03. The topological polar surface area (TPSA) is 83.1 Å². The van der Waals surface area contributed by atoms with Crippen molar-refractivity contribution in [3.63, 3.8) is 0 Å². The monoisotopic (exact) mass is 276 g/mol. The Morgan fingerprint density at radius 3 is 2.74 bits per heavy atom. The van der Waals surface area contributed by atoms with Crippen LogP contribution in [0.4, 0.5) is 5.69 Å². The molecule has 2 rings (SSSR count). The zero-order chi connectivity index (χ0) is 13.9. The summed E-state index contributed by atoms with van der Waals surface area (Å²) in [5.74, 6) is 0.864. The molecule has 1 heterocycles. The van der Waals surface area contributed by atoms with Crippen LogP contribution in [0.2, 0.25) is 0 Å². The van der Waals surface area contributed by atoms with Gasteiger partial charge in [0, 0.05) is 11.9 Å². The van der Waals surface area contributed by atoms with Gasteiger partial charge in [-0.1, -0.05) is 6.07 Å². The van der Waals surface area contributed by atoms with E-state index in [0.717, 1.165) is 6.26 Å². The van der Waals surface area contributed by atoms with Crippen LogP contribution in [0.25, 0.3) is 0 Å². The van der Waals surface area contributed by atoms with E-state index in [-0.39, 0.29) is 10.7 Å². The van der Waals surface area contributed by atoms with Crippen LogP contribution in [0, 0.1) is 11.3 Å². The van der Waals surface area contributed by atoms with Gasteiger partial charge in [-0.3, -0.25) is 0 Å². The molecule has 19 heavy (non-hydrogen) atoms.